The smallest absolute Gasteiger partial charge is 0.318 e. The van der Waals surface area contributed by atoms with Gasteiger partial charge in [0.05, 0.1) is 42.9 Å². The molecule has 10 nitrogen and oxygen atoms in total. The number of methoxy groups -OCH3 is 2. The molecule has 2 aromatic carbocycles. The summed E-state index contributed by atoms with van der Waals surface area (Å²) < 4.78 is 56.9. The fourth-order valence-corrected chi connectivity index (χ4v) is 6.64. The highest BCUT2D eigenvalue weighted by Gasteiger charge is 2.44. The number of benzene rings is 2. The van der Waals surface area contributed by atoms with E-state index >= 15 is 8.78 Å². The maximum absolute atomic E-state index is 16.5. The Morgan fingerprint density at radius 3 is 2.54 bits per heavy atom. The van der Waals surface area contributed by atoms with Gasteiger partial charge in [-0.3, -0.25) is 9.78 Å². The molecule has 1 N–H and O–H groups in total. The number of anilines is 1. The predicted molar refractivity (Wildman–Crippen MR) is 172 cm³/mol. The van der Waals surface area contributed by atoms with Gasteiger partial charge >= 0.3 is 6.01 Å². The molecule has 2 unspecified atom stereocenters. The molecule has 0 spiro atoms. The van der Waals surface area contributed by atoms with Crippen molar-refractivity contribution in [1.29, 1.82) is 0 Å². The van der Waals surface area contributed by atoms with Crippen LogP contribution in [0.1, 0.15) is 24.1 Å². The van der Waals surface area contributed by atoms with Gasteiger partial charge in [0.2, 0.25) is 5.88 Å². The normalized spacial score (nSPS) is 17.5. The maximum Gasteiger partial charge on any atom is 0.318 e. The summed E-state index contributed by atoms with van der Waals surface area (Å²) >= 11 is 0. The van der Waals surface area contributed by atoms with Crippen molar-refractivity contribution in [2.75, 3.05) is 32.2 Å². The standard InChI is InChI=1S/C35H27F3N6O4/c1-4-23-26(36)11-8-18-12-22(45)14-24(29(18)23)31-30(38)32-25(15-39-31)33(42-35(41-32)48-3)43-16-20-9-10-21(17-43)44(20)34(46)27(37)13-19-6-5-7-28(40-19)47-2/h1,5-8,11-15,20-21,45H,9-10,16-17H2,2-3H3/b27-13-. The van der Waals surface area contributed by atoms with Crippen molar-refractivity contribution < 1.29 is 32.5 Å². The molecule has 13 heteroatoms. The second kappa shape index (κ2) is 12.0. The molecule has 242 valence electrons. The number of phenols is 1. The van der Waals surface area contributed by atoms with E-state index in [1.165, 1.54) is 44.7 Å². The van der Waals surface area contributed by atoms with E-state index in [1.807, 2.05) is 4.90 Å². The molecule has 3 aromatic heterocycles. The summed E-state index contributed by atoms with van der Waals surface area (Å²) in [4.78, 5) is 34.1. The first-order valence-electron chi connectivity index (χ1n) is 15.0. The number of hydrogen-bond acceptors (Lipinski definition) is 9. The van der Waals surface area contributed by atoms with Gasteiger partial charge in [0.1, 0.15) is 28.6 Å². The van der Waals surface area contributed by atoms with E-state index in [2.05, 4.69) is 25.9 Å². The second-order valence-corrected chi connectivity index (χ2v) is 11.5. The van der Waals surface area contributed by atoms with Gasteiger partial charge in [-0.1, -0.05) is 18.1 Å². The third-order valence-corrected chi connectivity index (χ3v) is 8.73. The summed E-state index contributed by atoms with van der Waals surface area (Å²) in [5.41, 5.74) is -0.0962. The average molecular weight is 653 g/mol. The molecule has 7 rings (SSSR count). The van der Waals surface area contributed by atoms with Crippen LogP contribution in [0.3, 0.4) is 0 Å². The molecule has 2 bridgehead atoms. The summed E-state index contributed by atoms with van der Waals surface area (Å²) in [5, 5.41) is 11.3. The first kappa shape index (κ1) is 30.7. The molecule has 5 aromatic rings. The van der Waals surface area contributed by atoms with Gasteiger partial charge in [-0.25, -0.2) is 18.2 Å². The van der Waals surface area contributed by atoms with E-state index in [0.717, 1.165) is 6.08 Å². The minimum absolute atomic E-state index is 0.0837. The van der Waals surface area contributed by atoms with Gasteiger partial charge in [-0.15, -0.1) is 6.42 Å². The van der Waals surface area contributed by atoms with E-state index in [-0.39, 0.29) is 75.7 Å². The number of carbonyl (C=O) groups is 1. The SMILES string of the molecule is C#Cc1c(F)ccc2cc(O)cc(-c3ncc4c(N5CC6CCC(C5)N6C(=O)/C(F)=C/c5cccc(OC)n5)nc(OC)nc4c3F)c12. The Kier molecular flexibility index (Phi) is 7.71. The summed E-state index contributed by atoms with van der Waals surface area (Å²) in [6.45, 7) is 0.571. The Bertz CT molecular complexity index is 2190. The number of rotatable bonds is 6. The Morgan fingerprint density at radius 1 is 1.06 bits per heavy atom. The molecule has 48 heavy (non-hydrogen) atoms. The molecule has 5 heterocycles. The van der Waals surface area contributed by atoms with Crippen LogP contribution in [0.4, 0.5) is 19.0 Å². The highest BCUT2D eigenvalue weighted by molar-refractivity contribution is 6.03. The number of pyridine rings is 2. The molecule has 1 amide bonds. The minimum Gasteiger partial charge on any atom is -0.508 e. The van der Waals surface area contributed by atoms with Gasteiger partial charge < -0.3 is 24.4 Å². The molecular weight excluding hydrogens is 625 g/mol. The number of amides is 1. The van der Waals surface area contributed by atoms with Crippen LogP contribution in [-0.4, -0.2) is 75.2 Å². The lowest BCUT2D eigenvalue weighted by Crippen LogP contribution is -2.56. The quantitative estimate of drug-likeness (QED) is 0.190. The predicted octanol–water partition coefficient (Wildman–Crippen LogP) is 5.41. The molecular formula is C35H27F3N6O4. The number of piperazine rings is 1. The maximum atomic E-state index is 16.5. The van der Waals surface area contributed by atoms with Gasteiger partial charge in [0.15, 0.2) is 11.6 Å². The van der Waals surface area contributed by atoms with Gasteiger partial charge in [-0.05, 0) is 42.5 Å². The lowest BCUT2D eigenvalue weighted by molar-refractivity contribution is -0.131. The monoisotopic (exact) mass is 652 g/mol. The number of aromatic nitrogens is 4. The van der Waals surface area contributed by atoms with Crippen LogP contribution < -0.4 is 14.4 Å². The van der Waals surface area contributed by atoms with Crippen molar-refractivity contribution in [3.05, 3.63) is 77.4 Å². The molecule has 2 aliphatic heterocycles. The van der Waals surface area contributed by atoms with E-state index < -0.39 is 23.4 Å². The topological polar surface area (TPSA) is 114 Å². The summed E-state index contributed by atoms with van der Waals surface area (Å²) in [5.74, 6) is -0.466. The zero-order chi connectivity index (χ0) is 33.7. The molecule has 2 aliphatic rings. The average Bonchev–Trinajstić information content (AvgIpc) is 3.35. The van der Waals surface area contributed by atoms with Crippen molar-refractivity contribution in [2.24, 2.45) is 0 Å². The van der Waals surface area contributed by atoms with Crippen LogP contribution in [0.2, 0.25) is 0 Å². The second-order valence-electron chi connectivity index (χ2n) is 11.5. The van der Waals surface area contributed by atoms with Crippen LogP contribution >= 0.6 is 0 Å². The largest absolute Gasteiger partial charge is 0.508 e. The Balaban J connectivity index is 1.25. The van der Waals surface area contributed by atoms with Crippen LogP contribution in [-0.2, 0) is 4.79 Å². The lowest BCUT2D eigenvalue weighted by Gasteiger charge is -2.41. The van der Waals surface area contributed by atoms with Gasteiger partial charge in [0.25, 0.3) is 5.91 Å². The molecule has 0 radical (unpaired) electrons. The van der Waals surface area contributed by atoms with Crippen LogP contribution in [0.25, 0.3) is 39.0 Å². The van der Waals surface area contributed by atoms with Crippen LogP contribution in [0, 0.1) is 24.0 Å². The first-order valence-corrected chi connectivity index (χ1v) is 15.0. The minimum atomic E-state index is -0.943. The Morgan fingerprint density at radius 2 is 1.83 bits per heavy atom. The molecule has 0 saturated carbocycles. The summed E-state index contributed by atoms with van der Waals surface area (Å²) in [7, 11) is 2.80. The first-order chi connectivity index (χ1) is 23.2. The third kappa shape index (κ3) is 5.15. The molecule has 0 aliphatic carbocycles. The summed E-state index contributed by atoms with van der Waals surface area (Å²) in [6, 6.07) is 9.32. The number of aromatic hydroxyl groups is 1. The summed E-state index contributed by atoms with van der Waals surface area (Å²) in [6.07, 6.45) is 9.37. The molecule has 2 fully saturated rings. The highest BCUT2D eigenvalue weighted by atomic mass is 19.1. The molecule has 2 atom stereocenters. The zero-order valence-corrected chi connectivity index (χ0v) is 25.7. The van der Waals surface area contributed by atoms with Crippen molar-refractivity contribution in [2.45, 2.75) is 24.9 Å². The third-order valence-electron chi connectivity index (χ3n) is 8.73. The number of carbonyl (C=O) groups excluding carboxylic acids is 1. The fraction of sp³-hybridized carbons (Fsp3) is 0.229. The van der Waals surface area contributed by atoms with E-state index in [1.54, 1.807) is 23.1 Å². The van der Waals surface area contributed by atoms with Crippen molar-refractivity contribution in [3.63, 3.8) is 0 Å². The highest BCUT2D eigenvalue weighted by Crippen LogP contribution is 2.40. The van der Waals surface area contributed by atoms with E-state index in [4.69, 9.17) is 15.9 Å². The number of halogens is 3. The number of nitrogens with zero attached hydrogens (tertiary/aromatic N) is 6. The lowest BCUT2D eigenvalue weighted by atomic mass is 9.96. The van der Waals surface area contributed by atoms with Gasteiger partial charge in [-0.2, -0.15) is 9.97 Å². The zero-order valence-electron chi connectivity index (χ0n) is 25.7. The molecule has 2 saturated heterocycles. The van der Waals surface area contributed by atoms with Crippen LogP contribution in [0.5, 0.6) is 17.6 Å². The van der Waals surface area contributed by atoms with Gasteiger partial charge in [0, 0.05) is 42.4 Å². The Hall–Kier alpha value is -5.90. The van der Waals surface area contributed by atoms with E-state index in [9.17, 15) is 14.3 Å². The van der Waals surface area contributed by atoms with Crippen molar-refractivity contribution in [3.8, 4) is 41.2 Å². The van der Waals surface area contributed by atoms with Crippen LogP contribution in [0.15, 0.2) is 54.5 Å². The number of hydrogen-bond donors (Lipinski definition) is 1. The fourth-order valence-electron chi connectivity index (χ4n) is 6.64. The van der Waals surface area contributed by atoms with E-state index in [0.29, 0.717) is 29.9 Å². The number of ether oxygens (including phenoxy) is 2. The van der Waals surface area contributed by atoms with Crippen molar-refractivity contribution >= 4 is 39.5 Å². The van der Waals surface area contributed by atoms with Crippen molar-refractivity contribution in [1.82, 2.24) is 24.8 Å². The number of fused-ring (bicyclic) bond motifs is 4. The Labute approximate surface area is 272 Å². The number of terminal acetylenes is 1. The number of phenolic OH excluding ortho intramolecular Hbond substituents is 1.